The molecule has 0 bridgehead atoms. The fourth-order valence-electron chi connectivity index (χ4n) is 2.72. The van der Waals surface area contributed by atoms with E-state index in [1.165, 1.54) is 7.11 Å². The maximum atomic E-state index is 12.3. The number of aryl methyl sites for hydroxylation is 1. The van der Waals surface area contributed by atoms with Crippen LogP contribution in [-0.4, -0.2) is 18.0 Å². The second-order valence-corrected chi connectivity index (χ2v) is 5.87. The van der Waals surface area contributed by atoms with Gasteiger partial charge in [-0.05, 0) is 13.0 Å². The van der Waals surface area contributed by atoms with Crippen LogP contribution >= 0.6 is 23.2 Å². The molecule has 1 amide bonds. The summed E-state index contributed by atoms with van der Waals surface area (Å²) in [4.78, 5) is 26.6. The van der Waals surface area contributed by atoms with Crippen molar-refractivity contribution in [3.8, 4) is 11.1 Å². The second-order valence-electron chi connectivity index (χ2n) is 5.09. The van der Waals surface area contributed by atoms with E-state index in [2.05, 4.69) is 10.3 Å². The number of hydrogen-bond donors (Lipinski definition) is 1. The molecule has 0 spiro atoms. The first-order valence-corrected chi connectivity index (χ1v) is 7.70. The van der Waals surface area contributed by atoms with E-state index in [0.29, 0.717) is 39.0 Å². The lowest BCUT2D eigenvalue weighted by Crippen LogP contribution is -2.14. The standard InChI is InChI=1S/C16H14Cl2N2O3/c1-8-10(7-23-22-2)13(9-4-3-5-11(17)15(9)18)14-12(20-8)6-19-16(14)21/h3-5H,6-7H2,1-2H3,(H,19,21). The van der Waals surface area contributed by atoms with E-state index in [9.17, 15) is 4.79 Å². The largest absolute Gasteiger partial charge is 0.346 e. The first kappa shape index (κ1) is 16.2. The lowest BCUT2D eigenvalue weighted by Gasteiger charge is -2.17. The zero-order chi connectivity index (χ0) is 16.6. The van der Waals surface area contributed by atoms with Crippen LogP contribution in [0.3, 0.4) is 0 Å². The summed E-state index contributed by atoms with van der Waals surface area (Å²) < 4.78 is 0. The molecule has 0 aliphatic carbocycles. The Bertz CT molecular complexity index is 793. The van der Waals surface area contributed by atoms with Crippen LogP contribution in [0.1, 0.15) is 27.3 Å². The van der Waals surface area contributed by atoms with Crippen LogP contribution in [-0.2, 0) is 22.9 Å². The maximum absolute atomic E-state index is 12.3. The topological polar surface area (TPSA) is 60.5 Å². The summed E-state index contributed by atoms with van der Waals surface area (Å²) >= 11 is 12.5. The highest BCUT2D eigenvalue weighted by atomic mass is 35.5. The Labute approximate surface area is 143 Å². The highest BCUT2D eigenvalue weighted by Gasteiger charge is 2.29. The Morgan fingerprint density at radius 3 is 2.83 bits per heavy atom. The molecule has 2 heterocycles. The van der Waals surface area contributed by atoms with Crippen molar-refractivity contribution in [2.75, 3.05) is 7.11 Å². The third-order valence-electron chi connectivity index (χ3n) is 3.77. The number of nitrogens with zero attached hydrogens (tertiary/aromatic N) is 1. The fraction of sp³-hybridized carbons (Fsp3) is 0.250. The highest BCUT2D eigenvalue weighted by molar-refractivity contribution is 6.43. The van der Waals surface area contributed by atoms with Crippen molar-refractivity contribution in [1.82, 2.24) is 10.3 Å². The number of aromatic nitrogens is 1. The third kappa shape index (κ3) is 2.81. The van der Waals surface area contributed by atoms with E-state index >= 15 is 0 Å². The molecule has 2 aromatic rings. The average Bonchev–Trinajstić information content (AvgIpc) is 2.89. The molecule has 0 saturated carbocycles. The summed E-state index contributed by atoms with van der Waals surface area (Å²) in [6.07, 6.45) is 0. The smallest absolute Gasteiger partial charge is 0.254 e. The molecule has 7 heteroatoms. The van der Waals surface area contributed by atoms with Crippen molar-refractivity contribution < 1.29 is 14.6 Å². The molecule has 23 heavy (non-hydrogen) atoms. The molecule has 1 N–H and O–H groups in total. The van der Waals surface area contributed by atoms with Gasteiger partial charge in [-0.1, -0.05) is 35.3 Å². The summed E-state index contributed by atoms with van der Waals surface area (Å²) in [5.41, 5.74) is 4.06. The summed E-state index contributed by atoms with van der Waals surface area (Å²) in [6, 6.07) is 5.32. The lowest BCUT2D eigenvalue weighted by atomic mass is 9.93. The van der Waals surface area contributed by atoms with Crippen LogP contribution in [0.5, 0.6) is 0 Å². The van der Waals surface area contributed by atoms with E-state index in [4.69, 9.17) is 33.0 Å². The van der Waals surface area contributed by atoms with Gasteiger partial charge < -0.3 is 5.32 Å². The Balaban J connectivity index is 2.32. The summed E-state index contributed by atoms with van der Waals surface area (Å²) in [5.74, 6) is -0.183. The SMILES string of the molecule is COOCc1c(C)nc2c(c1-c1cccc(Cl)c1Cl)C(=O)NC2. The van der Waals surface area contributed by atoms with Gasteiger partial charge in [-0.2, -0.15) is 0 Å². The number of rotatable bonds is 4. The minimum absolute atomic E-state index is 0.147. The number of pyridine rings is 1. The van der Waals surface area contributed by atoms with Crippen LogP contribution in [0.4, 0.5) is 0 Å². The van der Waals surface area contributed by atoms with Gasteiger partial charge in [0.1, 0.15) is 6.61 Å². The number of nitrogens with one attached hydrogen (secondary N) is 1. The van der Waals surface area contributed by atoms with Gasteiger partial charge in [-0.15, -0.1) is 0 Å². The average molecular weight is 353 g/mol. The molecule has 0 atom stereocenters. The molecule has 1 aliphatic rings. The minimum atomic E-state index is -0.183. The second kappa shape index (κ2) is 6.45. The number of hydrogen-bond acceptors (Lipinski definition) is 4. The molecule has 0 saturated heterocycles. The quantitative estimate of drug-likeness (QED) is 0.673. The van der Waals surface area contributed by atoms with Crippen LogP contribution in [0.25, 0.3) is 11.1 Å². The zero-order valence-corrected chi connectivity index (χ0v) is 14.1. The normalized spacial score (nSPS) is 13.1. The van der Waals surface area contributed by atoms with Crippen molar-refractivity contribution >= 4 is 29.1 Å². The Hall–Kier alpha value is -1.66. The first-order valence-electron chi connectivity index (χ1n) is 6.95. The molecular formula is C16H14Cl2N2O3. The van der Waals surface area contributed by atoms with Gasteiger partial charge in [0.15, 0.2) is 0 Å². The van der Waals surface area contributed by atoms with Crippen LogP contribution in [0.2, 0.25) is 10.0 Å². The van der Waals surface area contributed by atoms with Crippen molar-refractivity contribution in [3.63, 3.8) is 0 Å². The first-order chi connectivity index (χ1) is 11.0. The van der Waals surface area contributed by atoms with Crippen LogP contribution in [0.15, 0.2) is 18.2 Å². The van der Waals surface area contributed by atoms with E-state index in [-0.39, 0.29) is 12.5 Å². The Morgan fingerprint density at radius 2 is 2.09 bits per heavy atom. The minimum Gasteiger partial charge on any atom is -0.346 e. The number of amides is 1. The Morgan fingerprint density at radius 1 is 1.30 bits per heavy atom. The lowest BCUT2D eigenvalue weighted by molar-refractivity contribution is -0.282. The van der Waals surface area contributed by atoms with Gasteiger partial charge in [-0.25, -0.2) is 9.78 Å². The van der Waals surface area contributed by atoms with Gasteiger partial charge in [0, 0.05) is 22.4 Å². The van der Waals surface area contributed by atoms with Gasteiger partial charge in [-0.3, -0.25) is 9.78 Å². The molecular weight excluding hydrogens is 339 g/mol. The van der Waals surface area contributed by atoms with E-state index in [0.717, 1.165) is 11.3 Å². The van der Waals surface area contributed by atoms with E-state index < -0.39 is 0 Å². The fourth-order valence-corrected chi connectivity index (χ4v) is 3.11. The predicted molar refractivity (Wildman–Crippen MR) is 87.4 cm³/mol. The molecule has 1 aliphatic heterocycles. The van der Waals surface area contributed by atoms with Crippen LogP contribution < -0.4 is 5.32 Å². The number of fused-ring (bicyclic) bond motifs is 1. The van der Waals surface area contributed by atoms with Gasteiger partial charge in [0.05, 0.1) is 35.0 Å². The number of carbonyl (C=O) groups is 1. The molecule has 120 valence electrons. The van der Waals surface area contributed by atoms with E-state index in [1.807, 2.05) is 13.0 Å². The monoisotopic (exact) mass is 352 g/mol. The van der Waals surface area contributed by atoms with E-state index in [1.54, 1.807) is 12.1 Å². The molecule has 0 radical (unpaired) electrons. The predicted octanol–water partition coefficient (Wildman–Crippen LogP) is 3.69. The molecule has 0 fully saturated rings. The van der Waals surface area contributed by atoms with Crippen molar-refractivity contribution in [1.29, 1.82) is 0 Å². The molecule has 5 nitrogen and oxygen atoms in total. The molecule has 0 unspecified atom stereocenters. The van der Waals surface area contributed by atoms with Crippen molar-refractivity contribution in [2.24, 2.45) is 0 Å². The molecule has 3 rings (SSSR count). The zero-order valence-electron chi connectivity index (χ0n) is 12.6. The summed E-state index contributed by atoms with van der Waals surface area (Å²) in [6.45, 7) is 2.40. The maximum Gasteiger partial charge on any atom is 0.254 e. The highest BCUT2D eigenvalue weighted by Crippen LogP contribution is 2.40. The number of carbonyl (C=O) groups excluding carboxylic acids is 1. The molecule has 1 aromatic carbocycles. The van der Waals surface area contributed by atoms with Crippen molar-refractivity contribution in [2.45, 2.75) is 20.1 Å². The number of benzene rings is 1. The van der Waals surface area contributed by atoms with Gasteiger partial charge in [0.2, 0.25) is 0 Å². The number of halogens is 2. The van der Waals surface area contributed by atoms with Crippen molar-refractivity contribution in [3.05, 3.63) is 50.8 Å². The third-order valence-corrected chi connectivity index (χ3v) is 4.58. The van der Waals surface area contributed by atoms with Gasteiger partial charge >= 0.3 is 0 Å². The molecule has 1 aromatic heterocycles. The summed E-state index contributed by atoms with van der Waals surface area (Å²) in [7, 11) is 1.43. The summed E-state index contributed by atoms with van der Waals surface area (Å²) in [5, 5.41) is 3.60. The van der Waals surface area contributed by atoms with Crippen LogP contribution in [0, 0.1) is 6.92 Å². The van der Waals surface area contributed by atoms with Gasteiger partial charge in [0.25, 0.3) is 5.91 Å². The Kier molecular flexibility index (Phi) is 4.55.